The van der Waals surface area contributed by atoms with E-state index in [0.29, 0.717) is 19.3 Å². The lowest BCUT2D eigenvalue weighted by Gasteiger charge is -2.27. The molecule has 0 fully saturated rings. The van der Waals surface area contributed by atoms with Crippen LogP contribution < -0.4 is 5.32 Å². The molecule has 6 nitrogen and oxygen atoms in total. The lowest BCUT2D eigenvalue weighted by atomic mass is 10.00. The van der Waals surface area contributed by atoms with Gasteiger partial charge in [-0.2, -0.15) is 0 Å². The quantitative estimate of drug-likeness (QED) is 0.0338. The Kier molecular flexibility index (Phi) is 35.2. The molecule has 0 bridgehead atoms. The third-order valence-corrected chi connectivity index (χ3v) is 9.49. The average Bonchev–Trinajstić information content (AvgIpc) is 3.08. The maximum Gasteiger partial charge on any atom is 0.249 e. The number of carbonyl (C=O) groups excluding carboxylic acids is 1. The summed E-state index contributed by atoms with van der Waals surface area (Å²) in [5, 5.41) is 43.3. The van der Waals surface area contributed by atoms with Crippen molar-refractivity contribution in [3.63, 3.8) is 0 Å². The Bertz CT molecular complexity index is 712. The third-order valence-electron chi connectivity index (χ3n) is 9.49. The smallest absolute Gasteiger partial charge is 0.249 e. The summed E-state index contributed by atoms with van der Waals surface area (Å²) in [6.45, 7) is 3.79. The van der Waals surface area contributed by atoms with E-state index in [-0.39, 0.29) is 0 Å². The molecule has 5 N–H and O–H groups in total. The van der Waals surface area contributed by atoms with Crippen LogP contribution in [0, 0.1) is 0 Å². The first kappa shape index (κ1) is 45.8. The van der Waals surface area contributed by atoms with Crippen LogP contribution in [0.2, 0.25) is 0 Å². The van der Waals surface area contributed by atoms with Crippen LogP contribution >= 0.6 is 0 Å². The molecule has 0 aromatic carbocycles. The maximum absolute atomic E-state index is 12.4. The standard InChI is InChI=1S/C41H79NO5/c1-3-5-7-9-11-13-14-15-16-17-18-19-20-21-22-23-24-25-26-27-29-31-33-35-39(45)41(47)42-37(36-43)40(46)38(44)34-32-30-28-12-10-8-6-4-2/h4,6,12,28,37-40,43-46H,3,5,7-11,13-27,29-36H2,1-2H3,(H,42,47)/b6-4+,28-12+. The largest absolute Gasteiger partial charge is 0.394 e. The van der Waals surface area contributed by atoms with Crippen LogP contribution in [-0.4, -0.2) is 57.3 Å². The minimum absolute atomic E-state index is 0.363. The van der Waals surface area contributed by atoms with Crippen LogP contribution in [0.15, 0.2) is 24.3 Å². The van der Waals surface area contributed by atoms with Crippen molar-refractivity contribution in [2.45, 2.75) is 224 Å². The zero-order valence-electron chi connectivity index (χ0n) is 31.0. The van der Waals surface area contributed by atoms with Gasteiger partial charge in [-0.3, -0.25) is 4.79 Å². The summed E-state index contributed by atoms with van der Waals surface area (Å²) in [4.78, 5) is 12.4. The number of carbonyl (C=O) groups is 1. The van der Waals surface area contributed by atoms with E-state index < -0.39 is 36.9 Å². The molecule has 278 valence electrons. The van der Waals surface area contributed by atoms with E-state index in [0.717, 1.165) is 38.5 Å². The summed E-state index contributed by atoms with van der Waals surface area (Å²) < 4.78 is 0. The first-order valence-electron chi connectivity index (χ1n) is 20.2. The Balaban J connectivity index is 3.64. The number of nitrogens with one attached hydrogen (secondary N) is 1. The number of amides is 1. The zero-order chi connectivity index (χ0) is 34.6. The number of rotatable bonds is 36. The van der Waals surface area contributed by atoms with Crippen LogP contribution in [0.5, 0.6) is 0 Å². The van der Waals surface area contributed by atoms with Gasteiger partial charge in [0.1, 0.15) is 12.2 Å². The Labute approximate surface area is 291 Å². The van der Waals surface area contributed by atoms with Crippen molar-refractivity contribution >= 4 is 5.91 Å². The minimum atomic E-state index is -1.28. The summed E-state index contributed by atoms with van der Waals surface area (Å²) in [6.07, 6.45) is 39.6. The lowest BCUT2D eigenvalue weighted by molar-refractivity contribution is -0.132. The molecule has 0 saturated heterocycles. The highest BCUT2D eigenvalue weighted by Crippen LogP contribution is 2.16. The van der Waals surface area contributed by atoms with Crippen LogP contribution in [0.1, 0.15) is 200 Å². The van der Waals surface area contributed by atoms with Gasteiger partial charge < -0.3 is 25.7 Å². The van der Waals surface area contributed by atoms with E-state index in [4.69, 9.17) is 0 Å². The van der Waals surface area contributed by atoms with Gasteiger partial charge in [0, 0.05) is 0 Å². The number of hydrogen-bond acceptors (Lipinski definition) is 5. The number of allylic oxidation sites excluding steroid dienone is 4. The molecule has 0 saturated carbocycles. The Morgan fingerprint density at radius 2 is 0.957 bits per heavy atom. The summed E-state index contributed by atoms with van der Waals surface area (Å²) in [6, 6.07) is -1.00. The normalized spacial score (nSPS) is 14.6. The van der Waals surface area contributed by atoms with Gasteiger partial charge in [-0.15, -0.1) is 0 Å². The summed E-state index contributed by atoms with van der Waals surface area (Å²) in [7, 11) is 0. The molecule has 0 aliphatic rings. The second-order valence-corrected chi connectivity index (χ2v) is 14.0. The van der Waals surface area contributed by atoms with Crippen molar-refractivity contribution in [2.75, 3.05) is 6.61 Å². The van der Waals surface area contributed by atoms with Gasteiger partial charge in [-0.25, -0.2) is 0 Å². The molecular weight excluding hydrogens is 586 g/mol. The number of aliphatic hydroxyl groups is 4. The summed E-state index contributed by atoms with van der Waals surface area (Å²) in [5.74, 6) is -0.599. The van der Waals surface area contributed by atoms with Gasteiger partial charge in [0.15, 0.2) is 0 Å². The average molecular weight is 666 g/mol. The van der Waals surface area contributed by atoms with Gasteiger partial charge in [-0.05, 0) is 45.4 Å². The van der Waals surface area contributed by atoms with Gasteiger partial charge in [0.05, 0.1) is 18.8 Å². The molecule has 0 aliphatic heterocycles. The van der Waals surface area contributed by atoms with Gasteiger partial charge >= 0.3 is 0 Å². The van der Waals surface area contributed by atoms with Crippen molar-refractivity contribution < 1.29 is 25.2 Å². The molecule has 0 aromatic heterocycles. The predicted octanol–water partition coefficient (Wildman–Crippen LogP) is 10.0. The highest BCUT2D eigenvalue weighted by atomic mass is 16.3. The zero-order valence-corrected chi connectivity index (χ0v) is 31.0. The second kappa shape index (κ2) is 36.1. The first-order chi connectivity index (χ1) is 23.0. The van der Waals surface area contributed by atoms with Crippen LogP contribution in [-0.2, 0) is 4.79 Å². The summed E-state index contributed by atoms with van der Waals surface area (Å²) in [5.41, 5.74) is 0. The van der Waals surface area contributed by atoms with E-state index in [1.165, 1.54) is 128 Å². The minimum Gasteiger partial charge on any atom is -0.394 e. The Morgan fingerprint density at radius 1 is 0.553 bits per heavy atom. The molecule has 0 heterocycles. The highest BCUT2D eigenvalue weighted by Gasteiger charge is 2.28. The van der Waals surface area contributed by atoms with E-state index in [1.54, 1.807) is 0 Å². The van der Waals surface area contributed by atoms with Gasteiger partial charge in [0.25, 0.3) is 0 Å². The molecule has 0 spiro atoms. The molecular formula is C41H79NO5. The molecule has 4 atom stereocenters. The van der Waals surface area contributed by atoms with E-state index in [9.17, 15) is 25.2 Å². The molecule has 47 heavy (non-hydrogen) atoms. The predicted molar refractivity (Wildman–Crippen MR) is 201 cm³/mol. The second-order valence-electron chi connectivity index (χ2n) is 14.0. The fraction of sp³-hybridized carbons (Fsp3) is 0.878. The molecule has 0 rings (SSSR count). The van der Waals surface area contributed by atoms with E-state index >= 15 is 0 Å². The molecule has 4 unspecified atom stereocenters. The van der Waals surface area contributed by atoms with Crippen molar-refractivity contribution in [3.05, 3.63) is 24.3 Å². The first-order valence-corrected chi connectivity index (χ1v) is 20.2. The van der Waals surface area contributed by atoms with Crippen LogP contribution in [0.3, 0.4) is 0 Å². The fourth-order valence-electron chi connectivity index (χ4n) is 6.25. The van der Waals surface area contributed by atoms with Gasteiger partial charge in [-0.1, -0.05) is 179 Å². The van der Waals surface area contributed by atoms with E-state index in [2.05, 4.69) is 30.5 Å². The number of hydrogen-bond donors (Lipinski definition) is 5. The molecule has 0 aliphatic carbocycles. The van der Waals surface area contributed by atoms with E-state index in [1.807, 2.05) is 13.0 Å². The monoisotopic (exact) mass is 666 g/mol. The highest BCUT2D eigenvalue weighted by molar-refractivity contribution is 5.80. The van der Waals surface area contributed by atoms with Gasteiger partial charge in [0.2, 0.25) is 5.91 Å². The molecule has 0 radical (unpaired) electrons. The molecule has 6 heteroatoms. The van der Waals surface area contributed by atoms with Crippen LogP contribution in [0.4, 0.5) is 0 Å². The number of aliphatic hydroxyl groups excluding tert-OH is 4. The molecule has 1 amide bonds. The maximum atomic E-state index is 12.4. The number of unbranched alkanes of at least 4 members (excludes halogenated alkanes) is 24. The van der Waals surface area contributed by atoms with Crippen molar-refractivity contribution in [2.24, 2.45) is 0 Å². The Hall–Kier alpha value is -1.21. The third kappa shape index (κ3) is 30.6. The lowest BCUT2D eigenvalue weighted by Crippen LogP contribution is -2.53. The van der Waals surface area contributed by atoms with Crippen LogP contribution in [0.25, 0.3) is 0 Å². The van der Waals surface area contributed by atoms with Crippen molar-refractivity contribution in [1.82, 2.24) is 5.32 Å². The van der Waals surface area contributed by atoms with Crippen molar-refractivity contribution in [3.8, 4) is 0 Å². The van der Waals surface area contributed by atoms with Crippen molar-refractivity contribution in [1.29, 1.82) is 0 Å². The molecule has 0 aromatic rings. The topological polar surface area (TPSA) is 110 Å². The fourth-order valence-corrected chi connectivity index (χ4v) is 6.25. The Morgan fingerprint density at radius 3 is 1.38 bits per heavy atom. The summed E-state index contributed by atoms with van der Waals surface area (Å²) >= 11 is 0. The SMILES string of the molecule is C/C=C/CC/C=C/CCCC(O)C(O)C(CO)NC(=O)C(O)CCCCCCCCCCCCCCCCCCCCCCCCC.